The molecule has 0 aliphatic rings. The van der Waals surface area contributed by atoms with E-state index in [4.69, 9.17) is 0 Å². The fourth-order valence-electron chi connectivity index (χ4n) is 1.74. The lowest BCUT2D eigenvalue weighted by molar-refractivity contribution is 0.329. The Hall–Kier alpha value is -0.340. The Morgan fingerprint density at radius 3 is 2.18 bits per heavy atom. The molecule has 0 heterocycles. The van der Waals surface area contributed by atoms with Crippen LogP contribution in [-0.2, 0) is 5.54 Å². The van der Waals surface area contributed by atoms with Crippen LogP contribution in [0.2, 0.25) is 0 Å². The maximum atomic E-state index is 3.64. The van der Waals surface area contributed by atoms with Crippen LogP contribution in [-0.4, -0.2) is 11.9 Å². The van der Waals surface area contributed by atoms with E-state index in [0.717, 1.165) is 11.9 Å². The standard InChI is InChI=1S/C15H24BrN/c1-14(2,12-16)10-11-17-15(3,4)13-8-6-5-7-9-13/h5-9,17H,10-12H2,1-4H3. The van der Waals surface area contributed by atoms with Gasteiger partial charge in [-0.2, -0.15) is 0 Å². The van der Waals surface area contributed by atoms with Gasteiger partial charge in [0.05, 0.1) is 0 Å². The van der Waals surface area contributed by atoms with E-state index in [1.165, 1.54) is 12.0 Å². The predicted molar refractivity (Wildman–Crippen MR) is 79.7 cm³/mol. The monoisotopic (exact) mass is 297 g/mol. The van der Waals surface area contributed by atoms with Crippen LogP contribution < -0.4 is 5.32 Å². The molecule has 1 rings (SSSR count). The molecule has 0 atom stereocenters. The maximum Gasteiger partial charge on any atom is 0.0377 e. The average molecular weight is 298 g/mol. The normalized spacial score (nSPS) is 12.8. The van der Waals surface area contributed by atoms with Crippen LogP contribution >= 0.6 is 15.9 Å². The van der Waals surface area contributed by atoms with E-state index in [2.05, 4.69) is 79.3 Å². The van der Waals surface area contributed by atoms with Crippen molar-refractivity contribution >= 4 is 15.9 Å². The number of hydrogen-bond donors (Lipinski definition) is 1. The van der Waals surface area contributed by atoms with Crippen LogP contribution in [0.15, 0.2) is 30.3 Å². The number of benzene rings is 1. The molecule has 0 aliphatic heterocycles. The second-order valence-corrected chi connectivity index (χ2v) is 6.53. The highest BCUT2D eigenvalue weighted by Gasteiger charge is 2.21. The van der Waals surface area contributed by atoms with Crippen molar-refractivity contribution in [3.8, 4) is 0 Å². The minimum absolute atomic E-state index is 0.0453. The summed E-state index contributed by atoms with van der Waals surface area (Å²) in [7, 11) is 0. The fourth-order valence-corrected chi connectivity index (χ4v) is 2.02. The SMILES string of the molecule is CC(C)(CBr)CCNC(C)(C)c1ccccc1. The number of hydrogen-bond acceptors (Lipinski definition) is 1. The van der Waals surface area contributed by atoms with Crippen LogP contribution in [0.25, 0.3) is 0 Å². The summed E-state index contributed by atoms with van der Waals surface area (Å²) in [5, 5.41) is 4.69. The minimum Gasteiger partial charge on any atom is -0.308 e. The van der Waals surface area contributed by atoms with Gasteiger partial charge in [-0.05, 0) is 37.8 Å². The van der Waals surface area contributed by atoms with E-state index in [9.17, 15) is 0 Å². The van der Waals surface area contributed by atoms with E-state index in [1.807, 2.05) is 0 Å². The molecule has 0 saturated carbocycles. The van der Waals surface area contributed by atoms with Crippen molar-refractivity contribution in [1.29, 1.82) is 0 Å². The molecule has 0 spiro atoms. The molecule has 1 N–H and O–H groups in total. The summed E-state index contributed by atoms with van der Waals surface area (Å²) in [5.41, 5.74) is 1.75. The van der Waals surface area contributed by atoms with Crippen molar-refractivity contribution in [2.45, 2.75) is 39.7 Å². The number of rotatable bonds is 6. The summed E-state index contributed by atoms with van der Waals surface area (Å²) in [6.07, 6.45) is 1.18. The average Bonchev–Trinajstić information content (AvgIpc) is 2.30. The number of halogens is 1. The molecule has 1 aromatic carbocycles. The summed E-state index contributed by atoms with van der Waals surface area (Å²) >= 11 is 3.57. The van der Waals surface area contributed by atoms with Gasteiger partial charge in [0.2, 0.25) is 0 Å². The van der Waals surface area contributed by atoms with E-state index in [1.54, 1.807) is 0 Å². The third-order valence-electron chi connectivity index (χ3n) is 3.23. The summed E-state index contributed by atoms with van der Waals surface area (Å²) in [5.74, 6) is 0. The minimum atomic E-state index is 0.0453. The molecule has 0 aromatic heterocycles. The molecule has 0 fully saturated rings. The molecular formula is C15H24BrN. The molecule has 0 amide bonds. The molecular weight excluding hydrogens is 274 g/mol. The van der Waals surface area contributed by atoms with Crippen LogP contribution in [0, 0.1) is 5.41 Å². The zero-order valence-electron chi connectivity index (χ0n) is 11.4. The van der Waals surface area contributed by atoms with Crippen molar-refractivity contribution in [2.24, 2.45) is 5.41 Å². The van der Waals surface area contributed by atoms with E-state index >= 15 is 0 Å². The van der Waals surface area contributed by atoms with Gasteiger partial charge in [0.1, 0.15) is 0 Å². The molecule has 1 nitrogen and oxygen atoms in total. The molecule has 2 heteroatoms. The molecule has 1 aromatic rings. The van der Waals surface area contributed by atoms with Gasteiger partial charge in [-0.3, -0.25) is 0 Å². The Kier molecular flexibility index (Phi) is 5.21. The first-order valence-corrected chi connectivity index (χ1v) is 7.36. The lowest BCUT2D eigenvalue weighted by atomic mass is 9.90. The number of nitrogens with one attached hydrogen (secondary N) is 1. The van der Waals surface area contributed by atoms with Crippen molar-refractivity contribution in [1.82, 2.24) is 5.32 Å². The topological polar surface area (TPSA) is 12.0 Å². The first kappa shape index (κ1) is 14.7. The Morgan fingerprint density at radius 1 is 1.06 bits per heavy atom. The Bertz CT molecular complexity index is 330. The van der Waals surface area contributed by atoms with Gasteiger partial charge in [-0.25, -0.2) is 0 Å². The lowest BCUT2D eigenvalue weighted by Gasteiger charge is -2.30. The third-order valence-corrected chi connectivity index (χ3v) is 4.74. The Balaban J connectivity index is 2.51. The van der Waals surface area contributed by atoms with Crippen LogP contribution in [0.1, 0.15) is 39.7 Å². The van der Waals surface area contributed by atoms with Gasteiger partial charge < -0.3 is 5.32 Å². The van der Waals surface area contributed by atoms with Gasteiger partial charge in [0.25, 0.3) is 0 Å². The molecule has 0 radical (unpaired) electrons. The van der Waals surface area contributed by atoms with Gasteiger partial charge in [-0.1, -0.05) is 60.1 Å². The van der Waals surface area contributed by atoms with Crippen LogP contribution in [0.5, 0.6) is 0 Å². The molecule has 17 heavy (non-hydrogen) atoms. The highest BCUT2D eigenvalue weighted by atomic mass is 79.9. The fraction of sp³-hybridized carbons (Fsp3) is 0.600. The maximum absolute atomic E-state index is 3.64. The quantitative estimate of drug-likeness (QED) is 0.771. The summed E-state index contributed by atoms with van der Waals surface area (Å²) in [6.45, 7) is 10.1. The molecule has 96 valence electrons. The van der Waals surface area contributed by atoms with E-state index in [0.29, 0.717) is 5.41 Å². The largest absolute Gasteiger partial charge is 0.308 e. The van der Waals surface area contributed by atoms with Gasteiger partial charge in [0.15, 0.2) is 0 Å². The van der Waals surface area contributed by atoms with Gasteiger partial charge >= 0.3 is 0 Å². The summed E-state index contributed by atoms with van der Waals surface area (Å²) in [4.78, 5) is 0. The molecule has 0 saturated heterocycles. The second-order valence-electron chi connectivity index (χ2n) is 5.97. The summed E-state index contributed by atoms with van der Waals surface area (Å²) in [6, 6.07) is 10.6. The van der Waals surface area contributed by atoms with Gasteiger partial charge in [0, 0.05) is 10.9 Å². The van der Waals surface area contributed by atoms with E-state index in [-0.39, 0.29) is 5.54 Å². The van der Waals surface area contributed by atoms with Crippen molar-refractivity contribution < 1.29 is 0 Å². The first-order chi connectivity index (χ1) is 7.87. The van der Waals surface area contributed by atoms with E-state index < -0.39 is 0 Å². The second kappa shape index (κ2) is 6.01. The van der Waals surface area contributed by atoms with Gasteiger partial charge in [-0.15, -0.1) is 0 Å². The highest BCUT2D eigenvalue weighted by Crippen LogP contribution is 2.24. The molecule has 0 unspecified atom stereocenters. The smallest absolute Gasteiger partial charge is 0.0377 e. The predicted octanol–water partition coefficient (Wildman–Crippen LogP) is 4.32. The number of alkyl halides is 1. The highest BCUT2D eigenvalue weighted by molar-refractivity contribution is 9.09. The lowest BCUT2D eigenvalue weighted by Crippen LogP contribution is -2.38. The van der Waals surface area contributed by atoms with Crippen LogP contribution in [0.3, 0.4) is 0 Å². The Morgan fingerprint density at radius 2 is 1.65 bits per heavy atom. The molecule has 0 aliphatic carbocycles. The first-order valence-electron chi connectivity index (χ1n) is 6.24. The van der Waals surface area contributed by atoms with Crippen molar-refractivity contribution in [3.63, 3.8) is 0 Å². The third kappa shape index (κ3) is 4.81. The van der Waals surface area contributed by atoms with Crippen molar-refractivity contribution in [2.75, 3.05) is 11.9 Å². The van der Waals surface area contributed by atoms with Crippen LogP contribution in [0.4, 0.5) is 0 Å². The summed E-state index contributed by atoms with van der Waals surface area (Å²) < 4.78 is 0. The Labute approximate surface area is 114 Å². The zero-order valence-corrected chi connectivity index (χ0v) is 13.0. The zero-order chi connectivity index (χ0) is 12.9. The van der Waals surface area contributed by atoms with Crippen molar-refractivity contribution in [3.05, 3.63) is 35.9 Å². The molecule has 0 bridgehead atoms.